The molecule has 1 amide bonds. The first-order chi connectivity index (χ1) is 12.7. The second kappa shape index (κ2) is 7.31. The SMILES string of the molecule is Cc1nc(-c2cc(C)n(CC(=O)N[C@H](C)c3c(C)nn(C)c3C)c2C)cs1. The van der Waals surface area contributed by atoms with Crippen molar-refractivity contribution in [1.82, 2.24) is 24.6 Å². The second-order valence-electron chi connectivity index (χ2n) is 7.12. The molecule has 0 bridgehead atoms. The summed E-state index contributed by atoms with van der Waals surface area (Å²) in [5, 5.41) is 10.7. The van der Waals surface area contributed by atoms with E-state index in [1.54, 1.807) is 11.3 Å². The van der Waals surface area contributed by atoms with Crippen LogP contribution in [0, 0.1) is 34.6 Å². The van der Waals surface area contributed by atoms with Crippen LogP contribution in [-0.4, -0.2) is 25.2 Å². The van der Waals surface area contributed by atoms with E-state index in [1.165, 1.54) is 0 Å². The minimum Gasteiger partial charge on any atom is -0.348 e. The highest BCUT2D eigenvalue weighted by molar-refractivity contribution is 7.09. The Kier molecular flexibility index (Phi) is 5.24. The summed E-state index contributed by atoms with van der Waals surface area (Å²) < 4.78 is 3.91. The van der Waals surface area contributed by atoms with Crippen LogP contribution in [0.2, 0.25) is 0 Å². The van der Waals surface area contributed by atoms with E-state index in [-0.39, 0.29) is 11.9 Å². The summed E-state index contributed by atoms with van der Waals surface area (Å²) >= 11 is 1.64. The van der Waals surface area contributed by atoms with E-state index in [2.05, 4.69) is 31.4 Å². The van der Waals surface area contributed by atoms with E-state index in [9.17, 15) is 4.79 Å². The van der Waals surface area contributed by atoms with Crippen LogP contribution in [0.1, 0.15) is 46.3 Å². The topological polar surface area (TPSA) is 64.7 Å². The zero-order valence-corrected chi connectivity index (χ0v) is 17.9. The van der Waals surface area contributed by atoms with Gasteiger partial charge in [0.15, 0.2) is 0 Å². The molecule has 6 nitrogen and oxygen atoms in total. The lowest BCUT2D eigenvalue weighted by atomic mass is 10.1. The van der Waals surface area contributed by atoms with Crippen LogP contribution in [0.5, 0.6) is 0 Å². The van der Waals surface area contributed by atoms with Crippen molar-refractivity contribution in [1.29, 1.82) is 0 Å². The number of carbonyl (C=O) groups is 1. The number of rotatable bonds is 5. The van der Waals surface area contributed by atoms with Gasteiger partial charge in [0.25, 0.3) is 0 Å². The van der Waals surface area contributed by atoms with Gasteiger partial charge in [-0.2, -0.15) is 5.10 Å². The molecule has 0 aromatic carbocycles. The van der Waals surface area contributed by atoms with Crippen molar-refractivity contribution in [2.45, 2.75) is 54.1 Å². The van der Waals surface area contributed by atoms with E-state index in [0.717, 1.165) is 44.6 Å². The second-order valence-corrected chi connectivity index (χ2v) is 8.18. The largest absolute Gasteiger partial charge is 0.348 e. The van der Waals surface area contributed by atoms with Crippen molar-refractivity contribution in [3.8, 4) is 11.3 Å². The molecular weight excluding hydrogens is 358 g/mol. The molecule has 0 unspecified atom stereocenters. The van der Waals surface area contributed by atoms with E-state index in [4.69, 9.17) is 0 Å². The summed E-state index contributed by atoms with van der Waals surface area (Å²) in [6.07, 6.45) is 0. The summed E-state index contributed by atoms with van der Waals surface area (Å²) in [5.41, 5.74) is 7.32. The Bertz CT molecular complexity index is 995. The molecule has 1 N–H and O–H groups in total. The van der Waals surface area contributed by atoms with Crippen molar-refractivity contribution in [2.24, 2.45) is 7.05 Å². The molecule has 3 heterocycles. The average Bonchev–Trinajstić information content (AvgIpc) is 3.20. The molecule has 0 aliphatic heterocycles. The molecular formula is C20H27N5OS. The molecule has 144 valence electrons. The van der Waals surface area contributed by atoms with Crippen molar-refractivity contribution in [3.63, 3.8) is 0 Å². The van der Waals surface area contributed by atoms with Crippen LogP contribution in [0.4, 0.5) is 0 Å². The summed E-state index contributed by atoms with van der Waals surface area (Å²) in [6, 6.07) is 2.03. The number of amides is 1. The van der Waals surface area contributed by atoms with Crippen molar-refractivity contribution in [3.05, 3.63) is 44.8 Å². The van der Waals surface area contributed by atoms with Crippen LogP contribution in [0.25, 0.3) is 11.3 Å². The maximum absolute atomic E-state index is 12.7. The van der Waals surface area contributed by atoms with Crippen LogP contribution >= 0.6 is 11.3 Å². The number of aryl methyl sites for hydroxylation is 4. The maximum atomic E-state index is 12.7. The summed E-state index contributed by atoms with van der Waals surface area (Å²) in [5.74, 6) is -0.00652. The smallest absolute Gasteiger partial charge is 0.240 e. The van der Waals surface area contributed by atoms with Gasteiger partial charge in [0.2, 0.25) is 5.91 Å². The third-order valence-corrected chi connectivity index (χ3v) is 5.92. The minimum atomic E-state index is -0.0805. The highest BCUT2D eigenvalue weighted by atomic mass is 32.1. The van der Waals surface area contributed by atoms with Crippen LogP contribution in [0.15, 0.2) is 11.4 Å². The van der Waals surface area contributed by atoms with Gasteiger partial charge in [-0.15, -0.1) is 11.3 Å². The predicted octanol–water partition coefficient (Wildman–Crippen LogP) is 3.76. The van der Waals surface area contributed by atoms with E-state index in [1.807, 2.05) is 53.3 Å². The molecule has 0 radical (unpaired) electrons. The Balaban J connectivity index is 1.77. The Morgan fingerprint density at radius 2 is 1.93 bits per heavy atom. The predicted molar refractivity (Wildman–Crippen MR) is 109 cm³/mol. The van der Waals surface area contributed by atoms with Gasteiger partial charge in [0.05, 0.1) is 22.4 Å². The van der Waals surface area contributed by atoms with Crippen molar-refractivity contribution in [2.75, 3.05) is 0 Å². The fraction of sp³-hybridized carbons (Fsp3) is 0.450. The van der Waals surface area contributed by atoms with Gasteiger partial charge in [0, 0.05) is 40.6 Å². The van der Waals surface area contributed by atoms with E-state index < -0.39 is 0 Å². The van der Waals surface area contributed by atoms with Crippen molar-refractivity contribution >= 4 is 17.2 Å². The Hall–Kier alpha value is -2.41. The fourth-order valence-electron chi connectivity index (χ4n) is 3.71. The lowest BCUT2D eigenvalue weighted by Gasteiger charge is -2.16. The Morgan fingerprint density at radius 1 is 1.22 bits per heavy atom. The molecule has 0 saturated carbocycles. The van der Waals surface area contributed by atoms with Gasteiger partial charge in [-0.1, -0.05) is 0 Å². The normalized spacial score (nSPS) is 12.4. The minimum absolute atomic E-state index is 0.00652. The third kappa shape index (κ3) is 3.69. The molecule has 3 aromatic heterocycles. The number of hydrogen-bond acceptors (Lipinski definition) is 4. The maximum Gasteiger partial charge on any atom is 0.240 e. The molecule has 0 aliphatic rings. The Morgan fingerprint density at radius 3 is 2.48 bits per heavy atom. The number of aromatic nitrogens is 4. The summed E-state index contributed by atoms with van der Waals surface area (Å²) in [6.45, 7) is 12.4. The van der Waals surface area contributed by atoms with Gasteiger partial charge >= 0.3 is 0 Å². The monoisotopic (exact) mass is 385 g/mol. The van der Waals surface area contributed by atoms with Crippen LogP contribution in [0.3, 0.4) is 0 Å². The molecule has 1 atom stereocenters. The molecule has 0 saturated heterocycles. The number of nitrogens with one attached hydrogen (secondary N) is 1. The number of nitrogens with zero attached hydrogens (tertiary/aromatic N) is 4. The zero-order chi connectivity index (χ0) is 19.9. The number of hydrogen-bond donors (Lipinski definition) is 1. The highest BCUT2D eigenvalue weighted by Crippen LogP contribution is 2.28. The number of carbonyl (C=O) groups excluding carboxylic acids is 1. The summed E-state index contributed by atoms with van der Waals surface area (Å²) in [7, 11) is 1.93. The van der Waals surface area contributed by atoms with Gasteiger partial charge < -0.3 is 9.88 Å². The molecule has 3 rings (SSSR count). The number of thiazole rings is 1. The van der Waals surface area contributed by atoms with Gasteiger partial charge in [-0.3, -0.25) is 9.48 Å². The lowest BCUT2D eigenvalue weighted by Crippen LogP contribution is -2.31. The molecule has 0 fully saturated rings. The lowest BCUT2D eigenvalue weighted by molar-refractivity contribution is -0.122. The standard InChI is InChI=1S/C20H27N5OS/c1-11-8-17(18-10-27-16(6)22-18)14(4)25(11)9-19(26)21-12(2)20-13(3)23-24(7)15(20)5/h8,10,12H,9H2,1-7H3,(H,21,26)/t12-/m1/s1. The summed E-state index contributed by atoms with van der Waals surface area (Å²) in [4.78, 5) is 17.3. The molecule has 3 aromatic rings. The molecule has 27 heavy (non-hydrogen) atoms. The van der Waals surface area contributed by atoms with Crippen molar-refractivity contribution < 1.29 is 4.79 Å². The molecule has 7 heteroatoms. The first-order valence-electron chi connectivity index (χ1n) is 9.07. The average molecular weight is 386 g/mol. The van der Waals surface area contributed by atoms with Crippen LogP contribution in [-0.2, 0) is 18.4 Å². The quantitative estimate of drug-likeness (QED) is 0.727. The van der Waals surface area contributed by atoms with Crippen LogP contribution < -0.4 is 5.32 Å². The first kappa shape index (κ1) is 19.4. The molecule has 0 spiro atoms. The van der Waals surface area contributed by atoms with E-state index >= 15 is 0 Å². The third-order valence-electron chi connectivity index (χ3n) is 5.15. The molecule has 0 aliphatic carbocycles. The van der Waals surface area contributed by atoms with Gasteiger partial charge in [-0.05, 0) is 47.6 Å². The first-order valence-corrected chi connectivity index (χ1v) is 9.95. The van der Waals surface area contributed by atoms with E-state index in [0.29, 0.717) is 6.54 Å². The highest BCUT2D eigenvalue weighted by Gasteiger charge is 2.20. The Labute approximate surface area is 164 Å². The zero-order valence-electron chi connectivity index (χ0n) is 17.0. The van der Waals surface area contributed by atoms with Gasteiger partial charge in [-0.25, -0.2) is 4.98 Å². The van der Waals surface area contributed by atoms with Gasteiger partial charge in [0.1, 0.15) is 6.54 Å². The fourth-order valence-corrected chi connectivity index (χ4v) is 4.32.